The highest BCUT2D eigenvalue weighted by Crippen LogP contribution is 2.27. The average molecular weight is 439 g/mol. The van der Waals surface area contributed by atoms with Crippen molar-refractivity contribution in [2.45, 2.75) is 11.3 Å². The molecule has 0 spiro atoms. The van der Waals surface area contributed by atoms with Crippen LogP contribution in [-0.4, -0.2) is 61.7 Å². The first-order chi connectivity index (χ1) is 14.8. The first-order valence-corrected chi connectivity index (χ1v) is 11.6. The summed E-state index contributed by atoms with van der Waals surface area (Å²) in [6, 6.07) is 14.9. The number of amides is 2. The number of hydrogen-bond acceptors (Lipinski definition) is 6. The van der Waals surface area contributed by atoms with Gasteiger partial charge >= 0.3 is 0 Å². The fraction of sp³-hybridized carbons (Fsp3) is 0.227. The third kappa shape index (κ3) is 3.84. The molecule has 1 saturated heterocycles. The van der Waals surface area contributed by atoms with Crippen LogP contribution in [0.4, 0.5) is 0 Å². The highest BCUT2D eigenvalue weighted by atomic mass is 32.2. The van der Waals surface area contributed by atoms with Crippen molar-refractivity contribution in [3.8, 4) is 5.75 Å². The van der Waals surface area contributed by atoms with E-state index in [4.69, 9.17) is 4.74 Å². The summed E-state index contributed by atoms with van der Waals surface area (Å²) in [4.78, 5) is 30.9. The molecule has 4 rings (SSSR count). The molecule has 2 aromatic carbocycles. The molecule has 2 amide bonds. The van der Waals surface area contributed by atoms with Crippen LogP contribution in [0.15, 0.2) is 59.5 Å². The molecule has 0 saturated carbocycles. The van der Waals surface area contributed by atoms with Gasteiger partial charge in [0, 0.05) is 30.8 Å². The smallest absolute Gasteiger partial charge is 0.291 e. The number of fused-ring (bicyclic) bond motifs is 1. The number of methoxy groups -OCH3 is 1. The Morgan fingerprint density at radius 1 is 0.968 bits per heavy atom. The Kier molecular flexibility index (Phi) is 5.36. The van der Waals surface area contributed by atoms with E-state index in [1.165, 1.54) is 29.3 Å². The van der Waals surface area contributed by atoms with E-state index in [9.17, 15) is 18.0 Å². The minimum Gasteiger partial charge on any atom is -0.496 e. The Morgan fingerprint density at radius 3 is 2.32 bits per heavy atom. The molecule has 8 nitrogen and oxygen atoms in total. The van der Waals surface area contributed by atoms with Gasteiger partial charge in [-0.25, -0.2) is 23.4 Å². The molecule has 0 N–H and O–H groups in total. The second-order valence-corrected chi connectivity index (χ2v) is 9.19. The third-order valence-electron chi connectivity index (χ3n) is 5.13. The first kappa shape index (κ1) is 20.8. The molecule has 31 heavy (non-hydrogen) atoms. The molecule has 0 atom stereocenters. The number of hydrogen-bond donors (Lipinski definition) is 0. The number of pyridine rings is 1. The lowest BCUT2D eigenvalue weighted by atomic mass is 10.1. The largest absolute Gasteiger partial charge is 0.496 e. The van der Waals surface area contributed by atoms with Gasteiger partial charge in [-0.2, -0.15) is 0 Å². The van der Waals surface area contributed by atoms with Crippen molar-refractivity contribution in [3.63, 3.8) is 0 Å². The van der Waals surface area contributed by atoms with E-state index in [2.05, 4.69) is 4.98 Å². The molecule has 0 bridgehead atoms. The molecule has 2 heterocycles. The Bertz CT molecular complexity index is 1290. The van der Waals surface area contributed by atoms with Crippen molar-refractivity contribution < 1.29 is 22.7 Å². The van der Waals surface area contributed by atoms with Crippen molar-refractivity contribution in [1.82, 2.24) is 15.0 Å². The molecule has 160 valence electrons. The van der Waals surface area contributed by atoms with Gasteiger partial charge in [0.05, 0.1) is 23.1 Å². The summed E-state index contributed by atoms with van der Waals surface area (Å²) in [6.45, 7) is 0.621. The molecule has 0 aliphatic carbocycles. The summed E-state index contributed by atoms with van der Waals surface area (Å²) in [5.41, 5.74) is 0.782. The van der Waals surface area contributed by atoms with E-state index in [1.54, 1.807) is 24.3 Å². The molecule has 0 unspecified atom stereocenters. The standard InChI is InChI=1S/C22H21N3O5S/c1-30-19-14-18(23-17-10-5-3-8-15(17)19)22(27)25-13-7-12-24(25)21(26)16-9-4-6-11-20(16)31(2,28)29/h3-6,8-11,14H,7,12-13H2,1-2H3. The Balaban J connectivity index is 1.71. The number of rotatable bonds is 4. The summed E-state index contributed by atoms with van der Waals surface area (Å²) in [6.07, 6.45) is 1.63. The van der Waals surface area contributed by atoms with Gasteiger partial charge in [0.2, 0.25) is 0 Å². The number of carbonyl (C=O) groups excluding carboxylic acids is 2. The normalized spacial score (nSPS) is 14.1. The van der Waals surface area contributed by atoms with Crippen LogP contribution in [0.5, 0.6) is 5.75 Å². The number of ether oxygens (including phenoxy) is 1. The van der Waals surface area contributed by atoms with E-state index >= 15 is 0 Å². The van der Waals surface area contributed by atoms with Gasteiger partial charge in [0.15, 0.2) is 9.84 Å². The van der Waals surface area contributed by atoms with Gasteiger partial charge in [-0.05, 0) is 30.7 Å². The second kappa shape index (κ2) is 7.99. The lowest BCUT2D eigenvalue weighted by Gasteiger charge is -2.28. The summed E-state index contributed by atoms with van der Waals surface area (Å²) in [5.74, 6) is -0.486. The highest BCUT2D eigenvalue weighted by molar-refractivity contribution is 7.90. The van der Waals surface area contributed by atoms with Crippen LogP contribution >= 0.6 is 0 Å². The topological polar surface area (TPSA) is 96.9 Å². The Morgan fingerprint density at radius 2 is 1.61 bits per heavy atom. The van der Waals surface area contributed by atoms with Gasteiger partial charge in [0.1, 0.15) is 11.4 Å². The van der Waals surface area contributed by atoms with Crippen molar-refractivity contribution in [2.24, 2.45) is 0 Å². The monoisotopic (exact) mass is 439 g/mol. The van der Waals surface area contributed by atoms with E-state index in [1.807, 2.05) is 18.2 Å². The predicted octanol–water partition coefficient (Wildman–Crippen LogP) is 2.55. The van der Waals surface area contributed by atoms with E-state index in [-0.39, 0.29) is 16.2 Å². The maximum absolute atomic E-state index is 13.3. The minimum absolute atomic E-state index is 0.0359. The zero-order valence-corrected chi connectivity index (χ0v) is 17.9. The summed E-state index contributed by atoms with van der Waals surface area (Å²) in [5, 5.41) is 3.38. The summed E-state index contributed by atoms with van der Waals surface area (Å²) < 4.78 is 29.7. The van der Waals surface area contributed by atoms with E-state index in [0.717, 1.165) is 11.6 Å². The quantitative estimate of drug-likeness (QED) is 0.620. The molecule has 9 heteroatoms. The van der Waals surface area contributed by atoms with E-state index in [0.29, 0.717) is 30.8 Å². The molecule has 1 aliphatic heterocycles. The number of aromatic nitrogens is 1. The maximum atomic E-state index is 13.3. The van der Waals surface area contributed by atoms with E-state index < -0.39 is 21.7 Å². The Labute approximate surface area is 179 Å². The Hall–Kier alpha value is -3.46. The zero-order chi connectivity index (χ0) is 22.2. The number of sulfone groups is 1. The number of carbonyl (C=O) groups is 2. The average Bonchev–Trinajstić information content (AvgIpc) is 3.26. The molecular formula is C22H21N3O5S. The summed E-state index contributed by atoms with van der Waals surface area (Å²) >= 11 is 0. The minimum atomic E-state index is -3.61. The highest BCUT2D eigenvalue weighted by Gasteiger charge is 2.34. The molecule has 0 radical (unpaired) electrons. The zero-order valence-electron chi connectivity index (χ0n) is 17.1. The van der Waals surface area contributed by atoms with Crippen molar-refractivity contribution in [1.29, 1.82) is 0 Å². The lowest BCUT2D eigenvalue weighted by Crippen LogP contribution is -2.45. The van der Waals surface area contributed by atoms with Crippen LogP contribution in [0.25, 0.3) is 10.9 Å². The number of nitrogens with zero attached hydrogens (tertiary/aromatic N) is 3. The van der Waals surface area contributed by atoms with Crippen LogP contribution in [0, 0.1) is 0 Å². The van der Waals surface area contributed by atoms with Crippen molar-refractivity contribution >= 4 is 32.6 Å². The molecule has 1 aliphatic rings. The number of hydrazine groups is 1. The second-order valence-electron chi connectivity index (χ2n) is 7.21. The lowest BCUT2D eigenvalue weighted by molar-refractivity contribution is 0.0180. The van der Waals surface area contributed by atoms with Crippen LogP contribution < -0.4 is 4.74 Å². The molecular weight excluding hydrogens is 418 g/mol. The van der Waals surface area contributed by atoms with Gasteiger partial charge in [-0.15, -0.1) is 0 Å². The van der Waals surface area contributed by atoms with Crippen LogP contribution in [0.1, 0.15) is 27.3 Å². The SMILES string of the molecule is COc1cc(C(=O)N2CCCN2C(=O)c2ccccc2S(C)(=O)=O)nc2ccccc12. The molecule has 1 aromatic heterocycles. The van der Waals surface area contributed by atoms with Crippen molar-refractivity contribution in [3.05, 3.63) is 65.9 Å². The van der Waals surface area contributed by atoms with Gasteiger partial charge in [-0.3, -0.25) is 9.59 Å². The van der Waals surface area contributed by atoms with Crippen LogP contribution in [0.2, 0.25) is 0 Å². The predicted molar refractivity (Wildman–Crippen MR) is 115 cm³/mol. The number of para-hydroxylation sites is 1. The van der Waals surface area contributed by atoms with Crippen LogP contribution in [-0.2, 0) is 9.84 Å². The number of benzene rings is 2. The molecule has 1 fully saturated rings. The fourth-order valence-electron chi connectivity index (χ4n) is 3.69. The first-order valence-electron chi connectivity index (χ1n) is 9.68. The fourth-order valence-corrected chi connectivity index (χ4v) is 4.57. The van der Waals surface area contributed by atoms with Crippen molar-refractivity contribution in [2.75, 3.05) is 26.5 Å². The maximum Gasteiger partial charge on any atom is 0.291 e. The van der Waals surface area contributed by atoms with Gasteiger partial charge in [-0.1, -0.05) is 24.3 Å². The van der Waals surface area contributed by atoms with Gasteiger partial charge < -0.3 is 4.74 Å². The van der Waals surface area contributed by atoms with Crippen LogP contribution in [0.3, 0.4) is 0 Å². The van der Waals surface area contributed by atoms with Gasteiger partial charge in [0.25, 0.3) is 11.8 Å². The molecule has 3 aromatic rings. The third-order valence-corrected chi connectivity index (χ3v) is 6.29. The summed E-state index contributed by atoms with van der Waals surface area (Å²) in [7, 11) is -2.09.